The first-order chi connectivity index (χ1) is 13.8. The highest BCUT2D eigenvalue weighted by Crippen LogP contribution is 2.35. The fourth-order valence-electron chi connectivity index (χ4n) is 5.06. The maximum atomic E-state index is 5.11. The van der Waals surface area contributed by atoms with Gasteiger partial charge in [-0.25, -0.2) is 4.98 Å². The van der Waals surface area contributed by atoms with Crippen molar-refractivity contribution in [3.8, 4) is 0 Å². The molecule has 0 amide bonds. The molecule has 1 aromatic heterocycles. The van der Waals surface area contributed by atoms with Gasteiger partial charge in [0.05, 0.1) is 11.0 Å². The van der Waals surface area contributed by atoms with Crippen molar-refractivity contribution in [2.45, 2.75) is 37.8 Å². The number of fused-ring (bicyclic) bond motifs is 1. The molecule has 4 heteroatoms. The first-order valence-electron chi connectivity index (χ1n) is 10.7. The Morgan fingerprint density at radius 3 is 2.39 bits per heavy atom. The Bertz CT molecular complexity index is 924. The second-order valence-corrected chi connectivity index (χ2v) is 8.57. The molecule has 0 N–H and O–H groups in total. The highest BCUT2D eigenvalue weighted by atomic mass is 15.2. The lowest BCUT2D eigenvalue weighted by Gasteiger charge is -2.34. The molecular weight excluding hydrogens is 344 g/mol. The SMILES string of the molecule is CN1CC[C@@H](c2nc3ccccc3n2C2CCN(Cc3ccccc3)CC2)C1. The van der Waals surface area contributed by atoms with Crippen molar-refractivity contribution in [1.82, 2.24) is 19.4 Å². The molecule has 1 atom stereocenters. The fraction of sp³-hybridized carbons (Fsp3) is 0.458. The topological polar surface area (TPSA) is 24.3 Å². The Hall–Kier alpha value is -2.17. The second-order valence-electron chi connectivity index (χ2n) is 8.57. The molecule has 28 heavy (non-hydrogen) atoms. The van der Waals surface area contributed by atoms with Gasteiger partial charge in [0.15, 0.2) is 0 Å². The summed E-state index contributed by atoms with van der Waals surface area (Å²) < 4.78 is 2.61. The zero-order chi connectivity index (χ0) is 18.9. The van der Waals surface area contributed by atoms with Gasteiger partial charge in [0, 0.05) is 38.1 Å². The number of hydrogen-bond acceptors (Lipinski definition) is 3. The zero-order valence-corrected chi connectivity index (χ0v) is 16.8. The molecule has 0 bridgehead atoms. The highest BCUT2D eigenvalue weighted by molar-refractivity contribution is 5.76. The molecule has 0 unspecified atom stereocenters. The van der Waals surface area contributed by atoms with E-state index in [1.54, 1.807) is 0 Å². The molecule has 0 saturated carbocycles. The molecule has 2 fully saturated rings. The highest BCUT2D eigenvalue weighted by Gasteiger charge is 2.30. The molecule has 0 spiro atoms. The summed E-state index contributed by atoms with van der Waals surface area (Å²) in [5.41, 5.74) is 3.91. The maximum Gasteiger partial charge on any atom is 0.114 e. The third kappa shape index (κ3) is 3.47. The molecule has 0 radical (unpaired) electrons. The van der Waals surface area contributed by atoms with E-state index in [0.717, 1.165) is 26.2 Å². The van der Waals surface area contributed by atoms with E-state index in [4.69, 9.17) is 4.98 Å². The van der Waals surface area contributed by atoms with Gasteiger partial charge in [0.2, 0.25) is 0 Å². The van der Waals surface area contributed by atoms with E-state index in [1.165, 1.54) is 48.2 Å². The van der Waals surface area contributed by atoms with Crippen LogP contribution in [0.3, 0.4) is 0 Å². The number of nitrogens with zero attached hydrogens (tertiary/aromatic N) is 4. The maximum absolute atomic E-state index is 5.11. The summed E-state index contributed by atoms with van der Waals surface area (Å²) in [7, 11) is 2.23. The molecule has 2 saturated heterocycles. The van der Waals surface area contributed by atoms with Gasteiger partial charge in [0.25, 0.3) is 0 Å². The molecule has 2 aliphatic heterocycles. The van der Waals surface area contributed by atoms with Crippen molar-refractivity contribution in [1.29, 1.82) is 0 Å². The summed E-state index contributed by atoms with van der Waals surface area (Å²) in [6, 6.07) is 20.2. The molecule has 5 rings (SSSR count). The molecule has 3 heterocycles. The number of benzene rings is 2. The average molecular weight is 375 g/mol. The van der Waals surface area contributed by atoms with Crippen molar-refractivity contribution < 1.29 is 0 Å². The smallest absolute Gasteiger partial charge is 0.114 e. The van der Waals surface area contributed by atoms with E-state index in [2.05, 4.69) is 76.0 Å². The van der Waals surface area contributed by atoms with Crippen molar-refractivity contribution in [2.75, 3.05) is 33.2 Å². The summed E-state index contributed by atoms with van der Waals surface area (Å²) in [5.74, 6) is 1.90. The minimum atomic E-state index is 0.569. The van der Waals surface area contributed by atoms with Gasteiger partial charge in [-0.15, -0.1) is 0 Å². The van der Waals surface area contributed by atoms with Crippen molar-refractivity contribution in [2.24, 2.45) is 0 Å². The number of likely N-dealkylation sites (tertiary alicyclic amines) is 2. The Morgan fingerprint density at radius 1 is 0.893 bits per heavy atom. The minimum absolute atomic E-state index is 0.569. The van der Waals surface area contributed by atoms with Crippen LogP contribution >= 0.6 is 0 Å². The van der Waals surface area contributed by atoms with Crippen LogP contribution in [0.2, 0.25) is 0 Å². The Labute approximate surface area is 167 Å². The largest absolute Gasteiger partial charge is 0.324 e. The van der Waals surface area contributed by atoms with Crippen LogP contribution < -0.4 is 0 Å². The molecule has 4 nitrogen and oxygen atoms in total. The summed E-state index contributed by atoms with van der Waals surface area (Å²) >= 11 is 0. The summed E-state index contributed by atoms with van der Waals surface area (Å²) in [6.07, 6.45) is 3.65. The molecule has 2 aliphatic rings. The lowest BCUT2D eigenvalue weighted by molar-refractivity contribution is 0.179. The summed E-state index contributed by atoms with van der Waals surface area (Å²) in [6.45, 7) is 5.71. The average Bonchev–Trinajstić information content (AvgIpc) is 3.33. The Balaban J connectivity index is 1.37. The van der Waals surface area contributed by atoms with Gasteiger partial charge in [-0.1, -0.05) is 42.5 Å². The van der Waals surface area contributed by atoms with Crippen LogP contribution in [0, 0.1) is 0 Å². The first-order valence-corrected chi connectivity index (χ1v) is 10.7. The number of piperidine rings is 1. The van der Waals surface area contributed by atoms with Gasteiger partial charge in [0.1, 0.15) is 5.82 Å². The number of likely N-dealkylation sites (N-methyl/N-ethyl adjacent to an activating group) is 1. The van der Waals surface area contributed by atoms with Gasteiger partial charge in [-0.05, 0) is 50.6 Å². The van der Waals surface area contributed by atoms with Crippen LogP contribution in [0.4, 0.5) is 0 Å². The molecule has 0 aliphatic carbocycles. The predicted molar refractivity (Wildman–Crippen MR) is 115 cm³/mol. The third-order valence-corrected chi connectivity index (χ3v) is 6.55. The van der Waals surface area contributed by atoms with E-state index in [1.807, 2.05) is 0 Å². The normalized spacial score (nSPS) is 22.2. The van der Waals surface area contributed by atoms with Crippen LogP contribution in [0.25, 0.3) is 11.0 Å². The second kappa shape index (κ2) is 7.69. The van der Waals surface area contributed by atoms with E-state index in [9.17, 15) is 0 Å². The number of hydrogen-bond donors (Lipinski definition) is 0. The number of aromatic nitrogens is 2. The Morgan fingerprint density at radius 2 is 1.64 bits per heavy atom. The van der Waals surface area contributed by atoms with Crippen molar-refractivity contribution >= 4 is 11.0 Å². The van der Waals surface area contributed by atoms with Crippen LogP contribution in [0.5, 0.6) is 0 Å². The van der Waals surface area contributed by atoms with Crippen LogP contribution in [-0.2, 0) is 6.54 Å². The lowest BCUT2D eigenvalue weighted by atomic mass is 10.0. The first kappa shape index (κ1) is 17.9. The summed E-state index contributed by atoms with van der Waals surface area (Å²) in [4.78, 5) is 10.2. The van der Waals surface area contributed by atoms with Crippen LogP contribution in [-0.4, -0.2) is 52.6 Å². The van der Waals surface area contributed by atoms with E-state index < -0.39 is 0 Å². The predicted octanol–water partition coefficient (Wildman–Crippen LogP) is 4.29. The molecule has 2 aromatic carbocycles. The van der Waals surface area contributed by atoms with Crippen molar-refractivity contribution in [3.63, 3.8) is 0 Å². The monoisotopic (exact) mass is 374 g/mol. The van der Waals surface area contributed by atoms with E-state index in [0.29, 0.717) is 12.0 Å². The van der Waals surface area contributed by atoms with Crippen LogP contribution in [0.15, 0.2) is 54.6 Å². The van der Waals surface area contributed by atoms with Gasteiger partial charge < -0.3 is 9.47 Å². The van der Waals surface area contributed by atoms with E-state index >= 15 is 0 Å². The zero-order valence-electron chi connectivity index (χ0n) is 16.8. The molecular formula is C24H30N4. The van der Waals surface area contributed by atoms with Gasteiger partial charge >= 0.3 is 0 Å². The summed E-state index contributed by atoms with van der Waals surface area (Å²) in [5, 5.41) is 0. The van der Waals surface area contributed by atoms with Crippen molar-refractivity contribution in [3.05, 3.63) is 66.0 Å². The van der Waals surface area contributed by atoms with E-state index in [-0.39, 0.29) is 0 Å². The fourth-order valence-corrected chi connectivity index (χ4v) is 5.06. The number of rotatable bonds is 4. The van der Waals surface area contributed by atoms with Crippen LogP contribution in [0.1, 0.15) is 42.6 Å². The number of imidazole rings is 1. The lowest BCUT2D eigenvalue weighted by Crippen LogP contribution is -2.34. The Kier molecular flexibility index (Phi) is 4.91. The molecule has 3 aromatic rings. The molecule has 146 valence electrons. The quantitative estimate of drug-likeness (QED) is 0.681. The third-order valence-electron chi connectivity index (χ3n) is 6.55. The standard InChI is InChI=1S/C24H30N4/c1-26-14-11-20(18-26)24-25-22-9-5-6-10-23(22)28(24)21-12-15-27(16-13-21)17-19-7-3-2-4-8-19/h2-10,20-21H,11-18H2,1H3/t20-/m1/s1. The van der Waals surface area contributed by atoms with Gasteiger partial charge in [-0.3, -0.25) is 4.90 Å². The number of para-hydroxylation sites is 2. The van der Waals surface area contributed by atoms with Gasteiger partial charge in [-0.2, -0.15) is 0 Å². The minimum Gasteiger partial charge on any atom is -0.324 e.